The van der Waals surface area contributed by atoms with Gasteiger partial charge in [0.05, 0.1) is 33.9 Å². The molecule has 2 aromatic carbocycles. The van der Waals surface area contributed by atoms with Crippen molar-refractivity contribution in [2.45, 2.75) is 83.9 Å². The van der Waals surface area contributed by atoms with Crippen LogP contribution in [0.25, 0.3) is 43.2 Å². The predicted octanol–water partition coefficient (Wildman–Crippen LogP) is 8.82. The van der Waals surface area contributed by atoms with Gasteiger partial charge in [-0.05, 0) is 92.5 Å². The van der Waals surface area contributed by atoms with Crippen molar-refractivity contribution in [1.29, 1.82) is 0 Å². The Bertz CT molecular complexity index is 2770. The summed E-state index contributed by atoms with van der Waals surface area (Å²) >= 11 is 3.30. The lowest BCUT2D eigenvalue weighted by Gasteiger charge is -2.33. The minimum atomic E-state index is -0.830. The third kappa shape index (κ3) is 8.44. The first kappa shape index (κ1) is 42.3. The van der Waals surface area contributed by atoms with Crippen molar-refractivity contribution in [3.63, 3.8) is 0 Å². The average molecular weight is 883 g/mol. The summed E-state index contributed by atoms with van der Waals surface area (Å²) in [6.07, 6.45) is 3.01. The molecule has 0 saturated carbocycles. The number of anilines is 1. The Morgan fingerprint density at radius 3 is 2.43 bits per heavy atom. The summed E-state index contributed by atoms with van der Waals surface area (Å²) < 4.78 is 5.92. The van der Waals surface area contributed by atoms with Crippen molar-refractivity contribution in [1.82, 2.24) is 35.5 Å². The fraction of sp³-hybridized carbons (Fsp3) is 0.354. The smallest absolute Gasteiger partial charge is 0.243 e. The van der Waals surface area contributed by atoms with Crippen molar-refractivity contribution < 1.29 is 24.3 Å². The molecule has 5 aromatic heterocycles. The average Bonchev–Trinajstić information content (AvgIpc) is 4.11. The number of fused-ring (bicyclic) bond motifs is 1. The van der Waals surface area contributed by atoms with Crippen LogP contribution in [0.4, 0.5) is 5.82 Å². The van der Waals surface area contributed by atoms with Gasteiger partial charge in [-0.15, -0.1) is 32.9 Å². The van der Waals surface area contributed by atoms with Crippen molar-refractivity contribution in [3.8, 4) is 38.7 Å². The molecule has 324 valence electrons. The molecule has 13 nitrogen and oxygen atoms in total. The maximum atomic E-state index is 14.4. The molecule has 2 fully saturated rings. The van der Waals surface area contributed by atoms with Gasteiger partial charge in [-0.1, -0.05) is 55.4 Å². The number of carbonyl (C=O) groups excluding carboxylic acids is 2. The fourth-order valence-electron chi connectivity index (χ4n) is 9.06. The van der Waals surface area contributed by atoms with Gasteiger partial charge in [-0.25, -0.2) is 9.97 Å². The van der Waals surface area contributed by atoms with Crippen LogP contribution in [-0.2, 0) is 9.59 Å². The molecule has 2 aliphatic heterocycles. The number of pyridine rings is 1. The summed E-state index contributed by atoms with van der Waals surface area (Å²) in [5, 5.41) is 38.7. The second-order valence-corrected chi connectivity index (χ2v) is 19.0. The van der Waals surface area contributed by atoms with E-state index in [0.29, 0.717) is 28.6 Å². The van der Waals surface area contributed by atoms with Crippen LogP contribution >= 0.6 is 22.7 Å². The molecule has 63 heavy (non-hydrogen) atoms. The first-order valence-electron chi connectivity index (χ1n) is 21.5. The molecule has 3 N–H and O–H groups in total. The summed E-state index contributed by atoms with van der Waals surface area (Å²) in [6.45, 7) is 11.7. The second kappa shape index (κ2) is 17.6. The number of piperidine rings is 1. The molecule has 0 radical (unpaired) electrons. The molecule has 4 atom stereocenters. The lowest BCUT2D eigenvalue weighted by atomic mass is 9.91. The van der Waals surface area contributed by atoms with E-state index in [0.717, 1.165) is 69.2 Å². The van der Waals surface area contributed by atoms with E-state index in [-0.39, 0.29) is 42.5 Å². The Morgan fingerprint density at radius 2 is 1.70 bits per heavy atom. The van der Waals surface area contributed by atoms with Crippen LogP contribution in [-0.4, -0.2) is 84.0 Å². The first-order valence-corrected chi connectivity index (χ1v) is 23.2. The largest absolute Gasteiger partial charge is 0.507 e. The highest BCUT2D eigenvalue weighted by Gasteiger charge is 2.43. The Balaban J connectivity index is 0.855. The number of carbonyl (C=O) groups is 2. The van der Waals surface area contributed by atoms with Gasteiger partial charge >= 0.3 is 0 Å². The van der Waals surface area contributed by atoms with E-state index >= 15 is 0 Å². The summed E-state index contributed by atoms with van der Waals surface area (Å²) in [6, 6.07) is 21.9. The number of amides is 2. The topological polar surface area (TPSA) is 171 Å². The standard InChI is InChI=1S/C48H50N8O5S2/c1-26(2)43(48(60)56-24-34(57)21-39(56)46(59)51-28(4)30-10-12-31(13-11-30)45-29(5)50-25-62-45)41-23-37(54-61-41)33-14-17-49-42(20-33)55-18-15-32(16-19-55)44-27(3)36-22-38(52-53-47(36)63-44)35-8-6-7-9-40(35)58/h6-14,17,20,22-23,25-26,28,32,34,39,43,57-58H,15-16,18-19,21,24H2,1-5H3,(H,51,59)/t28-,34+,39-,43+/m0/s1. The van der Waals surface area contributed by atoms with E-state index in [1.165, 1.54) is 15.3 Å². The molecular weight excluding hydrogens is 833 g/mol. The van der Waals surface area contributed by atoms with Crippen molar-refractivity contribution in [2.75, 3.05) is 24.5 Å². The summed E-state index contributed by atoms with van der Waals surface area (Å²) in [4.78, 5) is 44.4. The van der Waals surface area contributed by atoms with Gasteiger partial charge in [0.2, 0.25) is 11.8 Å². The highest BCUT2D eigenvalue weighted by atomic mass is 32.1. The molecular formula is C48H50N8O5S2. The molecule has 9 rings (SSSR count). The number of aliphatic hydroxyl groups excluding tert-OH is 1. The Hall–Kier alpha value is -6.03. The van der Waals surface area contributed by atoms with Crippen LogP contribution in [0.5, 0.6) is 5.75 Å². The lowest BCUT2D eigenvalue weighted by molar-refractivity contribution is -0.141. The van der Waals surface area contributed by atoms with E-state index in [4.69, 9.17) is 9.51 Å². The number of β-amino-alcohol motifs (C(OH)–C–C–N with tert-alkyl or cyclic N) is 1. The summed E-state index contributed by atoms with van der Waals surface area (Å²) in [5.41, 5.74) is 8.78. The minimum Gasteiger partial charge on any atom is -0.507 e. The van der Waals surface area contributed by atoms with Crippen molar-refractivity contribution in [2.24, 2.45) is 5.92 Å². The van der Waals surface area contributed by atoms with E-state index in [2.05, 4.69) is 37.5 Å². The molecule has 0 aliphatic carbocycles. The molecule has 0 spiro atoms. The van der Waals surface area contributed by atoms with E-state index < -0.39 is 18.1 Å². The molecule has 2 aliphatic rings. The number of para-hydroxylation sites is 1. The Morgan fingerprint density at radius 1 is 0.921 bits per heavy atom. The van der Waals surface area contributed by atoms with E-state index in [1.54, 1.807) is 41.0 Å². The van der Waals surface area contributed by atoms with E-state index in [1.807, 2.05) is 93.9 Å². The van der Waals surface area contributed by atoms with Gasteiger partial charge < -0.3 is 29.9 Å². The number of aromatic nitrogens is 5. The fourth-order valence-corrected chi connectivity index (χ4v) is 11.1. The van der Waals surface area contributed by atoms with Gasteiger partial charge in [0.15, 0.2) is 0 Å². The number of nitrogens with zero attached hydrogens (tertiary/aromatic N) is 7. The molecule has 7 heterocycles. The van der Waals surface area contributed by atoms with Crippen molar-refractivity contribution in [3.05, 3.63) is 112 Å². The van der Waals surface area contributed by atoms with Gasteiger partial charge in [0, 0.05) is 59.7 Å². The molecule has 2 saturated heterocycles. The maximum Gasteiger partial charge on any atom is 0.243 e. The predicted molar refractivity (Wildman–Crippen MR) is 246 cm³/mol. The summed E-state index contributed by atoms with van der Waals surface area (Å²) in [5.74, 6) is 0.336. The molecule has 0 unspecified atom stereocenters. The number of aryl methyl sites for hydroxylation is 2. The Kier molecular flexibility index (Phi) is 11.8. The van der Waals surface area contributed by atoms with Gasteiger partial charge in [0.1, 0.15) is 39.8 Å². The third-order valence-corrected chi connectivity index (χ3v) is 14.9. The zero-order chi connectivity index (χ0) is 43.9. The number of aliphatic hydroxyl groups is 1. The minimum absolute atomic E-state index is 0.0555. The number of hydrogen-bond acceptors (Lipinski definition) is 13. The van der Waals surface area contributed by atoms with Crippen LogP contribution in [0.15, 0.2) is 89.0 Å². The number of rotatable bonds is 11. The number of nitrogens with one attached hydrogen (secondary N) is 1. The third-order valence-electron chi connectivity index (χ3n) is 12.6. The SMILES string of the molecule is Cc1ncsc1-c1ccc([C@H](C)NC(=O)[C@@H]2C[C@@H](O)CN2C(=O)[C@@H](c2cc(-c3ccnc(N4CCC(c5sc6nnc(-c7ccccc7O)cc6c5C)CC4)c3)no2)C(C)C)cc1. The van der Waals surface area contributed by atoms with Crippen LogP contribution in [0.2, 0.25) is 0 Å². The summed E-state index contributed by atoms with van der Waals surface area (Å²) in [7, 11) is 0. The van der Waals surface area contributed by atoms with E-state index in [9.17, 15) is 19.8 Å². The van der Waals surface area contributed by atoms with Crippen LogP contribution in [0.3, 0.4) is 0 Å². The lowest BCUT2D eigenvalue weighted by Crippen LogP contribution is -2.48. The maximum absolute atomic E-state index is 14.4. The molecule has 7 aromatic rings. The number of benzene rings is 2. The number of thiophene rings is 1. The molecule has 2 amide bonds. The highest BCUT2D eigenvalue weighted by Crippen LogP contribution is 2.42. The quantitative estimate of drug-likeness (QED) is 0.113. The highest BCUT2D eigenvalue weighted by molar-refractivity contribution is 7.19. The van der Waals surface area contributed by atoms with Crippen LogP contribution in [0, 0.1) is 19.8 Å². The van der Waals surface area contributed by atoms with Crippen molar-refractivity contribution >= 4 is 50.5 Å². The molecule has 0 bridgehead atoms. The first-order chi connectivity index (χ1) is 30.4. The number of hydrogen-bond donors (Lipinski definition) is 3. The Labute approximate surface area is 373 Å². The zero-order valence-electron chi connectivity index (χ0n) is 35.9. The van der Waals surface area contributed by atoms with Gasteiger partial charge in [-0.2, -0.15) is 0 Å². The van der Waals surface area contributed by atoms with Crippen LogP contribution < -0.4 is 10.2 Å². The number of aromatic hydroxyl groups is 1. The second-order valence-electron chi connectivity index (χ2n) is 17.1. The number of thiazole rings is 1. The number of phenolic OH excluding ortho intramolecular Hbond substituents is 1. The monoisotopic (exact) mass is 882 g/mol. The zero-order valence-corrected chi connectivity index (χ0v) is 37.5. The normalized spacial score (nSPS) is 18.0. The number of likely N-dealkylation sites (tertiary alicyclic amines) is 1. The number of phenols is 1. The van der Waals surface area contributed by atoms with Crippen LogP contribution in [0.1, 0.15) is 85.4 Å². The van der Waals surface area contributed by atoms with Gasteiger partial charge in [0.25, 0.3) is 0 Å². The molecule has 15 heteroatoms. The van der Waals surface area contributed by atoms with Gasteiger partial charge in [-0.3, -0.25) is 9.59 Å².